The normalized spacial score (nSPS) is 12.1. The zero-order chi connectivity index (χ0) is 37.9. The molecule has 2 nitrogen and oxygen atoms in total. The number of para-hydroxylation sites is 1. The summed E-state index contributed by atoms with van der Waals surface area (Å²) in [5.41, 5.74) is 10.9. The van der Waals surface area contributed by atoms with Gasteiger partial charge >= 0.3 is 0 Å². The second-order valence-corrected chi connectivity index (χ2v) is 15.6. The number of benzene rings is 11. The van der Waals surface area contributed by atoms with E-state index in [2.05, 4.69) is 176 Å². The monoisotopic (exact) mass is 736 g/mol. The Morgan fingerprint density at radius 3 is 1.55 bits per heavy atom. The molecule has 0 N–H and O–H groups in total. The minimum absolute atomic E-state index is 0.841. The Labute approximate surface area is 332 Å². The summed E-state index contributed by atoms with van der Waals surface area (Å²) >= 11 is 0. The minimum Gasteiger partial charge on any atom is -0.456 e. The van der Waals surface area contributed by atoms with Crippen LogP contribution in [0.4, 0.5) is 0 Å². The topological polar surface area (TPSA) is 26.3 Å². The molecule has 0 spiro atoms. The van der Waals surface area contributed by atoms with Crippen LogP contribution in [0.25, 0.3) is 131 Å². The van der Waals surface area contributed by atoms with Gasteiger partial charge in [-0.2, -0.15) is 0 Å². The second-order valence-electron chi connectivity index (χ2n) is 15.6. The van der Waals surface area contributed by atoms with Crippen molar-refractivity contribution in [1.29, 1.82) is 0 Å². The Kier molecular flexibility index (Phi) is 6.47. The molecule has 0 fully saturated rings. The van der Waals surface area contributed by atoms with Gasteiger partial charge < -0.3 is 8.83 Å². The van der Waals surface area contributed by atoms with Crippen molar-refractivity contribution < 1.29 is 8.83 Å². The quantitative estimate of drug-likeness (QED) is 0.169. The maximum atomic E-state index is 6.56. The molecular weight excluding hydrogens is 705 g/mol. The molecule has 0 aliphatic rings. The second kappa shape index (κ2) is 11.9. The molecule has 0 unspecified atom stereocenters. The Morgan fingerprint density at radius 2 is 0.776 bits per heavy atom. The van der Waals surface area contributed by atoms with Gasteiger partial charge in [0.1, 0.15) is 22.3 Å². The molecule has 2 heteroatoms. The first kappa shape index (κ1) is 31.5. The lowest BCUT2D eigenvalue weighted by Crippen LogP contribution is -1.91. The van der Waals surface area contributed by atoms with E-state index in [9.17, 15) is 0 Å². The van der Waals surface area contributed by atoms with E-state index in [0.29, 0.717) is 0 Å². The van der Waals surface area contributed by atoms with Crippen molar-refractivity contribution in [3.63, 3.8) is 0 Å². The molecule has 11 aromatic carbocycles. The highest BCUT2D eigenvalue weighted by molar-refractivity contribution is 6.24. The summed E-state index contributed by atoms with van der Waals surface area (Å²) in [6, 6.07) is 70.6. The molecule has 0 saturated heterocycles. The van der Waals surface area contributed by atoms with Crippen LogP contribution in [0.15, 0.2) is 203 Å². The summed E-state index contributed by atoms with van der Waals surface area (Å²) in [6.07, 6.45) is 0. The van der Waals surface area contributed by atoms with Gasteiger partial charge in [-0.05, 0) is 124 Å². The molecule has 2 aromatic heterocycles. The summed E-state index contributed by atoms with van der Waals surface area (Å²) < 4.78 is 12.7. The highest BCUT2D eigenvalue weighted by Crippen LogP contribution is 2.46. The molecular formula is C56H32O2. The minimum atomic E-state index is 0.841. The Bertz CT molecular complexity index is 3800. The lowest BCUT2D eigenvalue weighted by atomic mass is 9.84. The average molecular weight is 737 g/mol. The van der Waals surface area contributed by atoms with Gasteiger partial charge in [0, 0.05) is 33.0 Å². The average Bonchev–Trinajstić information content (AvgIpc) is 3.84. The van der Waals surface area contributed by atoms with Gasteiger partial charge in [-0.25, -0.2) is 0 Å². The SMILES string of the molecule is c1ccc2c(-c3c4ccccc4c(-c4ccc5cc(-c6ccc7c(ccc8c9cc%10c(cc9oc78)oc7ccccc7%10)c6)ccc5c4)c4ccccc34)cccc2c1. The Hall–Kier alpha value is -7.68. The molecule has 0 aliphatic heterocycles. The van der Waals surface area contributed by atoms with Crippen LogP contribution in [0.5, 0.6) is 0 Å². The molecule has 268 valence electrons. The fraction of sp³-hybridized carbons (Fsp3) is 0. The van der Waals surface area contributed by atoms with Gasteiger partial charge in [0.05, 0.1) is 0 Å². The molecule has 13 aromatic rings. The van der Waals surface area contributed by atoms with Gasteiger partial charge in [-0.1, -0.05) is 146 Å². The standard InChI is InChI=1S/C56H32O2/c1-2-12-40-33(10-1)11-9-18-43(40)55-46-16-5-3-14-44(46)54(45-15-4-6-17-47(45)55)39-23-22-35-28-34(20-21-36(35)30-39)37-24-26-41-38(29-37)25-27-48-50-31-49-42-13-7-8-19-51(42)57-52(49)32-53(50)58-56(41)48/h1-32H. The van der Waals surface area contributed by atoms with E-state index in [4.69, 9.17) is 8.83 Å². The molecule has 0 aliphatic carbocycles. The van der Waals surface area contributed by atoms with E-state index in [1.165, 1.54) is 76.5 Å². The summed E-state index contributed by atoms with van der Waals surface area (Å²) in [6.45, 7) is 0. The predicted octanol–water partition coefficient (Wildman–Crippen LogP) is 16.3. The first-order chi connectivity index (χ1) is 28.7. The van der Waals surface area contributed by atoms with Crippen molar-refractivity contribution in [2.45, 2.75) is 0 Å². The summed E-state index contributed by atoms with van der Waals surface area (Å²) in [5.74, 6) is 0. The highest BCUT2D eigenvalue weighted by atomic mass is 16.3. The molecule has 58 heavy (non-hydrogen) atoms. The van der Waals surface area contributed by atoms with E-state index in [0.717, 1.165) is 54.6 Å². The van der Waals surface area contributed by atoms with Crippen molar-refractivity contribution in [3.05, 3.63) is 194 Å². The largest absolute Gasteiger partial charge is 0.456 e. The third-order valence-electron chi connectivity index (χ3n) is 12.4. The van der Waals surface area contributed by atoms with E-state index in [1.807, 2.05) is 18.2 Å². The van der Waals surface area contributed by atoms with E-state index in [-0.39, 0.29) is 0 Å². The fourth-order valence-electron chi connectivity index (χ4n) is 9.71. The van der Waals surface area contributed by atoms with Gasteiger partial charge in [0.25, 0.3) is 0 Å². The molecule has 0 atom stereocenters. The molecule has 0 amide bonds. The molecule has 0 radical (unpaired) electrons. The van der Waals surface area contributed by atoms with Crippen LogP contribution in [0, 0.1) is 0 Å². The third-order valence-corrected chi connectivity index (χ3v) is 12.4. The van der Waals surface area contributed by atoms with Crippen molar-refractivity contribution in [2.24, 2.45) is 0 Å². The van der Waals surface area contributed by atoms with E-state index in [1.54, 1.807) is 0 Å². The van der Waals surface area contributed by atoms with Crippen LogP contribution >= 0.6 is 0 Å². The number of hydrogen-bond acceptors (Lipinski definition) is 2. The summed E-state index contributed by atoms with van der Waals surface area (Å²) in [5, 5.41) is 16.7. The number of hydrogen-bond donors (Lipinski definition) is 0. The summed E-state index contributed by atoms with van der Waals surface area (Å²) in [4.78, 5) is 0. The van der Waals surface area contributed by atoms with E-state index >= 15 is 0 Å². The Balaban J connectivity index is 0.916. The van der Waals surface area contributed by atoms with Crippen LogP contribution in [0.2, 0.25) is 0 Å². The van der Waals surface area contributed by atoms with Crippen molar-refractivity contribution in [3.8, 4) is 33.4 Å². The van der Waals surface area contributed by atoms with Crippen LogP contribution in [0.3, 0.4) is 0 Å². The van der Waals surface area contributed by atoms with Crippen LogP contribution < -0.4 is 0 Å². The number of rotatable bonds is 3. The number of furan rings is 2. The first-order valence-electron chi connectivity index (χ1n) is 19.9. The molecule has 0 bridgehead atoms. The third kappa shape index (κ3) is 4.54. The molecule has 13 rings (SSSR count). The van der Waals surface area contributed by atoms with Crippen LogP contribution in [0.1, 0.15) is 0 Å². The fourth-order valence-corrected chi connectivity index (χ4v) is 9.71. The Morgan fingerprint density at radius 1 is 0.241 bits per heavy atom. The van der Waals surface area contributed by atoms with Crippen LogP contribution in [-0.2, 0) is 0 Å². The molecule has 0 saturated carbocycles. The van der Waals surface area contributed by atoms with Gasteiger partial charge in [0.15, 0.2) is 0 Å². The zero-order valence-electron chi connectivity index (χ0n) is 31.3. The number of fused-ring (bicyclic) bond motifs is 12. The molecule has 2 heterocycles. The van der Waals surface area contributed by atoms with Crippen molar-refractivity contribution in [1.82, 2.24) is 0 Å². The maximum Gasteiger partial charge on any atom is 0.143 e. The smallest absolute Gasteiger partial charge is 0.143 e. The van der Waals surface area contributed by atoms with Gasteiger partial charge in [-0.15, -0.1) is 0 Å². The first-order valence-corrected chi connectivity index (χ1v) is 19.9. The van der Waals surface area contributed by atoms with Gasteiger partial charge in [0.2, 0.25) is 0 Å². The van der Waals surface area contributed by atoms with Gasteiger partial charge in [-0.3, -0.25) is 0 Å². The van der Waals surface area contributed by atoms with Crippen molar-refractivity contribution >= 4 is 97.7 Å². The zero-order valence-corrected chi connectivity index (χ0v) is 31.3. The highest BCUT2D eigenvalue weighted by Gasteiger charge is 2.19. The van der Waals surface area contributed by atoms with Crippen molar-refractivity contribution in [2.75, 3.05) is 0 Å². The predicted molar refractivity (Wildman–Crippen MR) is 245 cm³/mol. The summed E-state index contributed by atoms with van der Waals surface area (Å²) in [7, 11) is 0. The maximum absolute atomic E-state index is 6.56. The van der Waals surface area contributed by atoms with E-state index < -0.39 is 0 Å². The lowest BCUT2D eigenvalue weighted by molar-refractivity contribution is 0.658. The van der Waals surface area contributed by atoms with Crippen LogP contribution in [-0.4, -0.2) is 0 Å². The lowest BCUT2D eigenvalue weighted by Gasteiger charge is -2.19.